The summed E-state index contributed by atoms with van der Waals surface area (Å²) < 4.78 is 36.9. The first-order chi connectivity index (χ1) is 10.9. The van der Waals surface area contributed by atoms with Gasteiger partial charge in [0.25, 0.3) is 5.91 Å². The van der Waals surface area contributed by atoms with Gasteiger partial charge in [0.15, 0.2) is 6.61 Å². The fourth-order valence-corrected chi connectivity index (χ4v) is 2.95. The zero-order chi connectivity index (χ0) is 17.3. The van der Waals surface area contributed by atoms with Crippen molar-refractivity contribution in [1.82, 2.24) is 10.0 Å². The summed E-state index contributed by atoms with van der Waals surface area (Å²) in [5, 5.41) is 2.62. The van der Waals surface area contributed by atoms with E-state index in [-0.39, 0.29) is 23.5 Å². The molecule has 1 amide bonds. The van der Waals surface area contributed by atoms with Gasteiger partial charge in [-0.1, -0.05) is 6.92 Å². The molecule has 0 bridgehead atoms. The molecule has 8 heteroatoms. The molecule has 1 aromatic rings. The minimum atomic E-state index is -3.53. The molecule has 0 aliphatic heterocycles. The van der Waals surface area contributed by atoms with Crippen LogP contribution in [0.1, 0.15) is 20.3 Å². The predicted molar refractivity (Wildman–Crippen MR) is 86.9 cm³/mol. The molecule has 1 aromatic carbocycles. The van der Waals surface area contributed by atoms with Gasteiger partial charge in [0.1, 0.15) is 5.75 Å². The van der Waals surface area contributed by atoms with Crippen LogP contribution >= 0.6 is 0 Å². The first kappa shape index (κ1) is 19.4. The van der Waals surface area contributed by atoms with Crippen molar-refractivity contribution in [2.45, 2.75) is 31.2 Å². The monoisotopic (exact) mass is 344 g/mol. The lowest BCUT2D eigenvalue weighted by atomic mass is 10.3. The van der Waals surface area contributed by atoms with Gasteiger partial charge in [0, 0.05) is 19.7 Å². The topological polar surface area (TPSA) is 93.7 Å². The molecule has 0 aliphatic rings. The maximum atomic E-state index is 12.1. The minimum Gasteiger partial charge on any atom is -0.484 e. The second-order valence-corrected chi connectivity index (χ2v) is 6.75. The summed E-state index contributed by atoms with van der Waals surface area (Å²) in [5.41, 5.74) is 0. The number of methoxy groups -OCH3 is 1. The molecule has 7 nitrogen and oxygen atoms in total. The molecule has 130 valence electrons. The molecule has 0 aliphatic carbocycles. The average molecular weight is 344 g/mol. The number of amides is 1. The zero-order valence-corrected chi connectivity index (χ0v) is 14.5. The highest BCUT2D eigenvalue weighted by Crippen LogP contribution is 2.16. The lowest BCUT2D eigenvalue weighted by Gasteiger charge is -2.12. The summed E-state index contributed by atoms with van der Waals surface area (Å²) in [4.78, 5) is 11.6. The van der Waals surface area contributed by atoms with Gasteiger partial charge in [-0.2, -0.15) is 0 Å². The smallest absolute Gasteiger partial charge is 0.258 e. The number of benzene rings is 1. The number of carbonyl (C=O) groups is 1. The fraction of sp³-hybridized carbons (Fsp3) is 0.533. The van der Waals surface area contributed by atoms with Crippen LogP contribution < -0.4 is 14.8 Å². The Morgan fingerprint density at radius 1 is 1.26 bits per heavy atom. The number of carbonyl (C=O) groups excluding carboxylic acids is 1. The molecule has 0 aromatic heterocycles. The maximum absolute atomic E-state index is 12.1. The highest BCUT2D eigenvalue weighted by atomic mass is 32.2. The Hall–Kier alpha value is -1.64. The molecular weight excluding hydrogens is 320 g/mol. The second kappa shape index (κ2) is 9.49. The van der Waals surface area contributed by atoms with E-state index in [0.29, 0.717) is 25.3 Å². The largest absolute Gasteiger partial charge is 0.484 e. The molecule has 0 spiro atoms. The maximum Gasteiger partial charge on any atom is 0.258 e. The minimum absolute atomic E-state index is 0.133. The number of nitrogens with one attached hydrogen (secondary N) is 2. The van der Waals surface area contributed by atoms with Crippen LogP contribution in [0.25, 0.3) is 0 Å². The summed E-state index contributed by atoms with van der Waals surface area (Å²) in [6.45, 7) is 4.42. The van der Waals surface area contributed by atoms with E-state index in [1.165, 1.54) is 24.3 Å². The molecular formula is C15H24N2O5S. The summed E-state index contributed by atoms with van der Waals surface area (Å²) in [7, 11) is -1.98. The highest BCUT2D eigenvalue weighted by Gasteiger charge is 2.16. The Morgan fingerprint density at radius 2 is 1.91 bits per heavy atom. The lowest BCUT2D eigenvalue weighted by molar-refractivity contribution is -0.123. The van der Waals surface area contributed by atoms with Crippen molar-refractivity contribution in [2.24, 2.45) is 0 Å². The average Bonchev–Trinajstić information content (AvgIpc) is 2.53. The second-order valence-electron chi connectivity index (χ2n) is 5.03. The van der Waals surface area contributed by atoms with E-state index >= 15 is 0 Å². The van der Waals surface area contributed by atoms with Gasteiger partial charge in [-0.15, -0.1) is 0 Å². The van der Waals surface area contributed by atoms with Crippen LogP contribution in [-0.2, 0) is 19.6 Å². The van der Waals surface area contributed by atoms with Crippen LogP contribution in [0.2, 0.25) is 0 Å². The molecule has 0 saturated carbocycles. The van der Waals surface area contributed by atoms with Crippen LogP contribution in [-0.4, -0.2) is 47.2 Å². The summed E-state index contributed by atoms with van der Waals surface area (Å²) in [6, 6.07) is 5.80. The molecule has 2 N–H and O–H groups in total. The van der Waals surface area contributed by atoms with Crippen molar-refractivity contribution in [1.29, 1.82) is 0 Å². The van der Waals surface area contributed by atoms with E-state index in [1.54, 1.807) is 14.0 Å². The number of rotatable bonds is 10. The van der Waals surface area contributed by atoms with Crippen LogP contribution in [0.3, 0.4) is 0 Å². The summed E-state index contributed by atoms with van der Waals surface area (Å²) >= 11 is 0. The number of sulfonamides is 1. The third-order valence-corrected chi connectivity index (χ3v) is 4.71. The van der Waals surface area contributed by atoms with Crippen molar-refractivity contribution in [3.05, 3.63) is 24.3 Å². The molecule has 1 atom stereocenters. The van der Waals surface area contributed by atoms with Crippen LogP contribution in [0.4, 0.5) is 0 Å². The summed E-state index contributed by atoms with van der Waals surface area (Å²) in [6.07, 6.45) is 0.707. The Kier molecular flexibility index (Phi) is 8.01. The molecule has 0 saturated heterocycles. The first-order valence-electron chi connectivity index (χ1n) is 7.40. The van der Waals surface area contributed by atoms with Gasteiger partial charge in [0.2, 0.25) is 10.0 Å². The molecule has 1 rings (SSSR count). The highest BCUT2D eigenvalue weighted by molar-refractivity contribution is 7.89. The van der Waals surface area contributed by atoms with Crippen LogP contribution in [0.15, 0.2) is 29.2 Å². The molecule has 0 unspecified atom stereocenters. The molecule has 0 radical (unpaired) electrons. The standard InChI is InChI=1S/C15H24N2O5S/c1-4-12(2)17-23(19,20)14-7-5-13(6-8-14)22-11-15(18)16-9-10-21-3/h5-8,12,17H,4,9-11H2,1-3H3,(H,16,18)/t12-/m1/s1. The molecule has 0 heterocycles. The van der Waals surface area contributed by atoms with Crippen molar-refractivity contribution in [3.63, 3.8) is 0 Å². The zero-order valence-electron chi connectivity index (χ0n) is 13.7. The van der Waals surface area contributed by atoms with Gasteiger partial charge in [-0.25, -0.2) is 13.1 Å². The SMILES string of the molecule is CC[C@@H](C)NS(=O)(=O)c1ccc(OCC(=O)NCCOC)cc1. The van der Waals surface area contributed by atoms with E-state index < -0.39 is 10.0 Å². The normalized spacial score (nSPS) is 12.7. The van der Waals surface area contributed by atoms with E-state index in [4.69, 9.17) is 9.47 Å². The van der Waals surface area contributed by atoms with E-state index in [1.807, 2.05) is 6.92 Å². The van der Waals surface area contributed by atoms with E-state index in [0.717, 1.165) is 0 Å². The van der Waals surface area contributed by atoms with Gasteiger partial charge >= 0.3 is 0 Å². The lowest BCUT2D eigenvalue weighted by Crippen LogP contribution is -2.32. The quantitative estimate of drug-likeness (QED) is 0.615. The molecule has 23 heavy (non-hydrogen) atoms. The van der Waals surface area contributed by atoms with E-state index in [9.17, 15) is 13.2 Å². The Balaban J connectivity index is 2.55. The van der Waals surface area contributed by atoms with Crippen molar-refractivity contribution in [2.75, 3.05) is 26.9 Å². The predicted octanol–water partition coefficient (Wildman–Crippen LogP) is 0.905. The summed E-state index contributed by atoms with van der Waals surface area (Å²) in [5.74, 6) is 0.159. The van der Waals surface area contributed by atoms with Crippen LogP contribution in [0.5, 0.6) is 5.75 Å². The molecule has 0 fully saturated rings. The van der Waals surface area contributed by atoms with Crippen LogP contribution in [0, 0.1) is 0 Å². The number of ether oxygens (including phenoxy) is 2. The van der Waals surface area contributed by atoms with Gasteiger partial charge in [-0.3, -0.25) is 4.79 Å². The van der Waals surface area contributed by atoms with Crippen molar-refractivity contribution >= 4 is 15.9 Å². The van der Waals surface area contributed by atoms with E-state index in [2.05, 4.69) is 10.0 Å². The van der Waals surface area contributed by atoms with Gasteiger partial charge < -0.3 is 14.8 Å². The fourth-order valence-electron chi connectivity index (χ4n) is 1.62. The third-order valence-electron chi connectivity index (χ3n) is 3.10. The van der Waals surface area contributed by atoms with Crippen molar-refractivity contribution < 1.29 is 22.7 Å². The first-order valence-corrected chi connectivity index (χ1v) is 8.88. The Labute approximate surface area is 137 Å². The third kappa shape index (κ3) is 6.98. The van der Waals surface area contributed by atoms with Gasteiger partial charge in [-0.05, 0) is 37.6 Å². The van der Waals surface area contributed by atoms with Crippen molar-refractivity contribution in [3.8, 4) is 5.75 Å². The van der Waals surface area contributed by atoms with Gasteiger partial charge in [0.05, 0.1) is 11.5 Å². The number of hydrogen-bond donors (Lipinski definition) is 2. The Morgan fingerprint density at radius 3 is 2.48 bits per heavy atom. The Bertz CT molecular complexity index is 586. The number of hydrogen-bond acceptors (Lipinski definition) is 5.